The number of aromatic nitrogens is 1. The smallest absolute Gasteiger partial charge is 0.335 e. The zero-order valence-electron chi connectivity index (χ0n) is 19.5. The number of pyridine rings is 1. The first-order valence-corrected chi connectivity index (χ1v) is 12.7. The van der Waals surface area contributed by atoms with E-state index in [2.05, 4.69) is 4.98 Å². The molecule has 1 N–H and O–H groups in total. The molecule has 0 unspecified atom stereocenters. The number of hydrogen-bond acceptors (Lipinski definition) is 5. The van der Waals surface area contributed by atoms with Gasteiger partial charge in [0.25, 0.3) is 10.0 Å². The van der Waals surface area contributed by atoms with Gasteiger partial charge in [-0.3, -0.25) is 0 Å². The zero-order chi connectivity index (χ0) is 25.0. The molecular formula is C27H26N2O5S. The highest BCUT2D eigenvalue weighted by Crippen LogP contribution is 2.31. The zero-order valence-corrected chi connectivity index (χ0v) is 20.3. The number of aryl methyl sites for hydroxylation is 1. The number of benzene rings is 3. The predicted octanol–water partition coefficient (Wildman–Crippen LogP) is 5.43. The van der Waals surface area contributed by atoms with E-state index in [0.29, 0.717) is 18.2 Å². The third-order valence-corrected chi connectivity index (χ3v) is 7.42. The lowest BCUT2D eigenvalue weighted by atomic mass is 10.1. The first-order valence-electron chi connectivity index (χ1n) is 11.2. The number of hydrogen-bond donors (Lipinski definition) is 1. The quantitative estimate of drug-likeness (QED) is 0.336. The highest BCUT2D eigenvalue weighted by molar-refractivity contribution is 7.92. The maximum atomic E-state index is 13.8. The molecule has 35 heavy (non-hydrogen) atoms. The summed E-state index contributed by atoms with van der Waals surface area (Å²) in [5.41, 5.74) is 1.50. The topological polar surface area (TPSA) is 96.8 Å². The van der Waals surface area contributed by atoms with E-state index in [1.165, 1.54) is 28.6 Å². The number of fused-ring (bicyclic) bond motifs is 1. The average Bonchev–Trinajstić information content (AvgIpc) is 2.87. The van der Waals surface area contributed by atoms with Gasteiger partial charge in [-0.05, 0) is 60.7 Å². The van der Waals surface area contributed by atoms with Gasteiger partial charge < -0.3 is 9.84 Å². The summed E-state index contributed by atoms with van der Waals surface area (Å²) in [6.07, 6.45) is 2.55. The molecule has 4 rings (SSSR count). The molecule has 0 spiro atoms. The predicted molar refractivity (Wildman–Crippen MR) is 135 cm³/mol. The highest BCUT2D eigenvalue weighted by atomic mass is 32.2. The Morgan fingerprint density at radius 2 is 1.69 bits per heavy atom. The number of carbonyl (C=O) groups is 1. The second-order valence-corrected chi connectivity index (χ2v) is 9.99. The fourth-order valence-corrected chi connectivity index (χ4v) is 5.26. The van der Waals surface area contributed by atoms with Crippen molar-refractivity contribution in [3.8, 4) is 5.75 Å². The van der Waals surface area contributed by atoms with Gasteiger partial charge >= 0.3 is 5.97 Å². The van der Waals surface area contributed by atoms with E-state index in [9.17, 15) is 18.3 Å². The molecule has 4 aromatic rings. The van der Waals surface area contributed by atoms with Crippen molar-refractivity contribution in [1.29, 1.82) is 0 Å². The summed E-state index contributed by atoms with van der Waals surface area (Å²) >= 11 is 0. The molecule has 0 aliphatic carbocycles. The summed E-state index contributed by atoms with van der Waals surface area (Å²) < 4.78 is 34.6. The fourth-order valence-electron chi connectivity index (χ4n) is 3.80. The van der Waals surface area contributed by atoms with Crippen LogP contribution in [0, 0.1) is 6.92 Å². The van der Waals surface area contributed by atoms with Gasteiger partial charge in [-0.25, -0.2) is 22.5 Å². The van der Waals surface area contributed by atoms with Crippen LogP contribution in [0.25, 0.3) is 10.8 Å². The molecule has 7 nitrogen and oxygen atoms in total. The van der Waals surface area contributed by atoms with Crippen LogP contribution in [0.5, 0.6) is 5.75 Å². The molecule has 1 aromatic heterocycles. The van der Waals surface area contributed by atoms with Gasteiger partial charge in [-0.15, -0.1) is 0 Å². The van der Waals surface area contributed by atoms with Crippen LogP contribution in [0.3, 0.4) is 0 Å². The molecule has 3 aromatic carbocycles. The molecule has 0 saturated carbocycles. The van der Waals surface area contributed by atoms with Crippen molar-refractivity contribution in [2.24, 2.45) is 0 Å². The molecule has 0 amide bonds. The summed E-state index contributed by atoms with van der Waals surface area (Å²) in [6.45, 7) is 4.52. The lowest BCUT2D eigenvalue weighted by Gasteiger charge is -2.26. The van der Waals surface area contributed by atoms with Crippen LogP contribution in [0.4, 0.5) is 5.82 Å². The molecule has 0 aliphatic rings. The van der Waals surface area contributed by atoms with Gasteiger partial charge in [-0.2, -0.15) is 0 Å². The number of carboxylic acids is 1. The summed E-state index contributed by atoms with van der Waals surface area (Å²) in [5, 5.41) is 11.0. The average molecular weight is 491 g/mol. The van der Waals surface area contributed by atoms with E-state index >= 15 is 0 Å². The first kappa shape index (κ1) is 24.2. The normalized spacial score (nSPS) is 11.4. The van der Waals surface area contributed by atoms with Gasteiger partial charge in [0.2, 0.25) is 0 Å². The number of sulfonamides is 1. The van der Waals surface area contributed by atoms with Gasteiger partial charge in [0.05, 0.1) is 23.6 Å². The lowest BCUT2D eigenvalue weighted by molar-refractivity contribution is 0.0696. The van der Waals surface area contributed by atoms with E-state index in [0.717, 1.165) is 28.3 Å². The van der Waals surface area contributed by atoms with E-state index < -0.39 is 16.0 Å². The Bertz CT molecular complexity index is 1450. The Kier molecular flexibility index (Phi) is 7.02. The third kappa shape index (κ3) is 5.12. The van der Waals surface area contributed by atoms with E-state index in [1.807, 2.05) is 62.4 Å². The van der Waals surface area contributed by atoms with E-state index in [4.69, 9.17) is 4.74 Å². The van der Waals surface area contributed by atoms with Crippen molar-refractivity contribution < 1.29 is 23.1 Å². The van der Waals surface area contributed by atoms with Crippen LogP contribution in [0.2, 0.25) is 0 Å². The van der Waals surface area contributed by atoms with E-state index in [-0.39, 0.29) is 17.0 Å². The van der Waals surface area contributed by atoms with Gasteiger partial charge in [0.15, 0.2) is 0 Å². The van der Waals surface area contributed by atoms with Crippen LogP contribution in [0.1, 0.15) is 34.8 Å². The first-order chi connectivity index (χ1) is 16.8. The summed E-state index contributed by atoms with van der Waals surface area (Å²) in [4.78, 5) is 15.8. The second kappa shape index (κ2) is 10.1. The van der Waals surface area contributed by atoms with Crippen molar-refractivity contribution in [2.75, 3.05) is 10.9 Å². The molecule has 0 atom stereocenters. The number of anilines is 1. The van der Waals surface area contributed by atoms with Crippen molar-refractivity contribution >= 4 is 32.6 Å². The summed E-state index contributed by atoms with van der Waals surface area (Å²) in [7, 11) is -4.06. The number of nitrogens with zero attached hydrogens (tertiary/aromatic N) is 2. The van der Waals surface area contributed by atoms with Crippen LogP contribution in [-0.4, -0.2) is 31.1 Å². The molecule has 8 heteroatoms. The largest absolute Gasteiger partial charge is 0.494 e. The molecule has 0 bridgehead atoms. The Morgan fingerprint density at radius 3 is 2.34 bits per heavy atom. The molecule has 0 aliphatic heterocycles. The molecule has 1 heterocycles. The minimum absolute atomic E-state index is 0.0122. The minimum atomic E-state index is -4.06. The maximum absolute atomic E-state index is 13.8. The van der Waals surface area contributed by atoms with Gasteiger partial charge in [-0.1, -0.05) is 43.3 Å². The Morgan fingerprint density at radius 1 is 1.00 bits per heavy atom. The van der Waals surface area contributed by atoms with Crippen LogP contribution in [-0.2, 0) is 16.6 Å². The van der Waals surface area contributed by atoms with E-state index in [1.54, 1.807) is 6.20 Å². The number of rotatable bonds is 9. The summed E-state index contributed by atoms with van der Waals surface area (Å²) in [6, 6.07) is 20.2. The lowest BCUT2D eigenvalue weighted by Crippen LogP contribution is -2.32. The third-order valence-electron chi connectivity index (χ3n) is 5.67. The molecule has 0 saturated heterocycles. The Labute approximate surface area is 204 Å². The molecule has 0 radical (unpaired) electrons. The molecule has 0 fully saturated rings. The van der Waals surface area contributed by atoms with Gasteiger partial charge in [0, 0.05) is 17.1 Å². The molecule has 180 valence electrons. The number of aromatic carboxylic acids is 1. The highest BCUT2D eigenvalue weighted by Gasteiger charge is 2.28. The number of carboxylic acid groups (broad SMARTS) is 1. The van der Waals surface area contributed by atoms with Crippen molar-refractivity contribution in [2.45, 2.75) is 31.7 Å². The Hall–Kier alpha value is -3.91. The summed E-state index contributed by atoms with van der Waals surface area (Å²) in [5.74, 6) is -0.0881. The van der Waals surface area contributed by atoms with Crippen molar-refractivity contribution in [3.05, 3.63) is 95.7 Å². The second-order valence-electron chi connectivity index (χ2n) is 8.13. The SMILES string of the molecule is CCCOc1ccc(CN(c2ncc3ccccc3c2C)S(=O)(=O)c2ccc(C(=O)O)cc2)cc1. The monoisotopic (exact) mass is 490 g/mol. The maximum Gasteiger partial charge on any atom is 0.335 e. The molecular weight excluding hydrogens is 464 g/mol. The van der Waals surface area contributed by atoms with Crippen molar-refractivity contribution in [1.82, 2.24) is 4.98 Å². The van der Waals surface area contributed by atoms with Crippen LogP contribution in [0.15, 0.2) is 83.9 Å². The number of ether oxygens (including phenoxy) is 1. The standard InChI is InChI=1S/C27H26N2O5S/c1-3-16-34-23-12-8-20(9-13-23)18-29(26-19(2)25-7-5-4-6-22(25)17-28-26)35(32,33)24-14-10-21(11-15-24)27(30)31/h4-15,17H,3,16,18H2,1-2H3,(H,30,31). The van der Waals surface area contributed by atoms with Gasteiger partial charge in [0.1, 0.15) is 11.6 Å². The van der Waals surface area contributed by atoms with Crippen molar-refractivity contribution in [3.63, 3.8) is 0 Å². The van der Waals surface area contributed by atoms with Crippen LogP contribution < -0.4 is 9.04 Å². The minimum Gasteiger partial charge on any atom is -0.494 e. The van der Waals surface area contributed by atoms with Crippen LogP contribution >= 0.6 is 0 Å². The Balaban J connectivity index is 1.79. The fraction of sp³-hybridized carbons (Fsp3) is 0.185.